The van der Waals surface area contributed by atoms with Crippen LogP contribution in [-0.2, 0) is 13.1 Å². The summed E-state index contributed by atoms with van der Waals surface area (Å²) >= 11 is 0. The van der Waals surface area contributed by atoms with Crippen molar-refractivity contribution < 1.29 is 4.74 Å². The highest BCUT2D eigenvalue weighted by Gasteiger charge is 2.21. The summed E-state index contributed by atoms with van der Waals surface area (Å²) < 4.78 is 5.34. The lowest BCUT2D eigenvalue weighted by Gasteiger charge is -2.15. The highest BCUT2D eigenvalue weighted by Crippen LogP contribution is 2.29. The molecule has 1 aliphatic heterocycles. The molecule has 5 rings (SSSR count). The van der Waals surface area contributed by atoms with Crippen molar-refractivity contribution in [2.75, 3.05) is 12.0 Å². The molecular weight excluding hydrogens is 374 g/mol. The van der Waals surface area contributed by atoms with Gasteiger partial charge in [0, 0.05) is 31.0 Å². The number of benzene rings is 2. The predicted molar refractivity (Wildman–Crippen MR) is 118 cm³/mol. The van der Waals surface area contributed by atoms with Crippen LogP contribution < -0.4 is 9.64 Å². The van der Waals surface area contributed by atoms with Crippen LogP contribution in [0.3, 0.4) is 0 Å². The second-order valence-corrected chi connectivity index (χ2v) is 7.22. The number of nitrogens with one attached hydrogen (secondary N) is 1. The molecule has 0 spiro atoms. The minimum atomic E-state index is 0.736. The van der Waals surface area contributed by atoms with E-state index in [1.165, 1.54) is 11.1 Å². The van der Waals surface area contributed by atoms with Crippen LogP contribution in [-0.4, -0.2) is 27.3 Å². The Morgan fingerprint density at radius 3 is 2.80 bits per heavy atom. The summed E-state index contributed by atoms with van der Waals surface area (Å²) in [4.78, 5) is 11.4. The molecule has 0 radical (unpaired) electrons. The molecule has 1 aliphatic rings. The van der Waals surface area contributed by atoms with E-state index in [1.807, 2.05) is 42.9 Å². The summed E-state index contributed by atoms with van der Waals surface area (Å²) in [6.07, 6.45) is 9.62. The van der Waals surface area contributed by atoms with Crippen LogP contribution in [0.1, 0.15) is 22.4 Å². The summed E-state index contributed by atoms with van der Waals surface area (Å²) in [5, 5.41) is 6.88. The average Bonchev–Trinajstić information content (AvgIpc) is 3.48. The maximum absolute atomic E-state index is 5.34. The number of hydrogen-bond acceptors (Lipinski definition) is 5. The highest BCUT2D eigenvalue weighted by molar-refractivity contribution is 5.72. The van der Waals surface area contributed by atoms with Crippen LogP contribution in [0.25, 0.3) is 23.3 Å². The first-order valence-electron chi connectivity index (χ1n) is 9.79. The molecule has 0 unspecified atom stereocenters. The van der Waals surface area contributed by atoms with Crippen LogP contribution in [0.4, 0.5) is 5.95 Å². The third kappa shape index (κ3) is 3.67. The summed E-state index contributed by atoms with van der Waals surface area (Å²) in [7, 11) is 1.69. The smallest absolute Gasteiger partial charge is 0.226 e. The van der Waals surface area contributed by atoms with E-state index in [0.717, 1.165) is 47.2 Å². The lowest BCUT2D eigenvalue weighted by Crippen LogP contribution is -2.17. The topological polar surface area (TPSA) is 66.9 Å². The van der Waals surface area contributed by atoms with Gasteiger partial charge in [0.25, 0.3) is 0 Å². The average molecular weight is 395 g/mol. The molecule has 0 aliphatic carbocycles. The van der Waals surface area contributed by atoms with E-state index in [4.69, 9.17) is 9.72 Å². The lowest BCUT2D eigenvalue weighted by atomic mass is 10.1. The van der Waals surface area contributed by atoms with E-state index >= 15 is 0 Å². The maximum Gasteiger partial charge on any atom is 0.226 e. The zero-order chi connectivity index (χ0) is 20.3. The number of H-pyrrole nitrogens is 1. The number of aromatic amines is 1. The molecule has 148 valence electrons. The van der Waals surface area contributed by atoms with Gasteiger partial charge in [-0.1, -0.05) is 30.3 Å². The van der Waals surface area contributed by atoms with Gasteiger partial charge in [-0.15, -0.1) is 0 Å². The first kappa shape index (κ1) is 18.1. The molecule has 6 nitrogen and oxygen atoms in total. The molecule has 0 atom stereocenters. The Morgan fingerprint density at radius 1 is 1.00 bits per heavy atom. The van der Waals surface area contributed by atoms with Crippen molar-refractivity contribution in [3.8, 4) is 16.9 Å². The van der Waals surface area contributed by atoms with E-state index in [9.17, 15) is 0 Å². The second kappa shape index (κ2) is 7.83. The van der Waals surface area contributed by atoms with Gasteiger partial charge in [0.15, 0.2) is 0 Å². The van der Waals surface area contributed by atoms with Crippen molar-refractivity contribution >= 4 is 18.1 Å². The Kier molecular flexibility index (Phi) is 4.73. The van der Waals surface area contributed by atoms with E-state index in [0.29, 0.717) is 0 Å². The predicted octanol–water partition coefficient (Wildman–Crippen LogP) is 4.57. The summed E-state index contributed by atoms with van der Waals surface area (Å²) in [6, 6.07) is 16.5. The molecule has 0 amide bonds. The van der Waals surface area contributed by atoms with Gasteiger partial charge in [-0.05, 0) is 52.6 Å². The standard InChI is InChI=1S/C24H21N5O/c1-30-23-8-6-19-15-29(16-20(19)12-23)24-25-10-9-22(28-24)7-5-17-3-2-4-18(11-17)21-13-26-27-14-21/h2-14H,15-16H2,1H3,(H,26,27)/b7-5+. The maximum atomic E-state index is 5.34. The number of hydrogen-bond donors (Lipinski definition) is 1. The number of aromatic nitrogens is 4. The van der Waals surface area contributed by atoms with Crippen molar-refractivity contribution in [2.45, 2.75) is 13.1 Å². The van der Waals surface area contributed by atoms with Gasteiger partial charge < -0.3 is 9.64 Å². The van der Waals surface area contributed by atoms with Crippen LogP contribution >= 0.6 is 0 Å². The molecule has 0 fully saturated rings. The first-order valence-corrected chi connectivity index (χ1v) is 9.79. The first-order chi connectivity index (χ1) is 14.8. The van der Waals surface area contributed by atoms with Crippen LogP contribution in [0.15, 0.2) is 67.1 Å². The number of ether oxygens (including phenoxy) is 1. The molecule has 0 bridgehead atoms. The van der Waals surface area contributed by atoms with Crippen LogP contribution in [0.5, 0.6) is 5.75 Å². The van der Waals surface area contributed by atoms with Gasteiger partial charge in [-0.25, -0.2) is 9.97 Å². The number of nitrogens with zero attached hydrogens (tertiary/aromatic N) is 4. The van der Waals surface area contributed by atoms with Gasteiger partial charge in [0.05, 0.1) is 19.0 Å². The SMILES string of the molecule is COc1ccc2c(c1)CN(c1nccc(/C=C/c3cccc(-c4cn[nH]c4)c3)n1)C2. The van der Waals surface area contributed by atoms with Crippen LogP contribution in [0.2, 0.25) is 0 Å². The summed E-state index contributed by atoms with van der Waals surface area (Å²) in [5.74, 6) is 1.62. The van der Waals surface area contributed by atoms with Crippen molar-refractivity contribution in [1.82, 2.24) is 20.2 Å². The molecule has 2 aromatic heterocycles. The normalized spacial score (nSPS) is 13.0. The monoisotopic (exact) mass is 395 g/mol. The van der Waals surface area contributed by atoms with Crippen molar-refractivity contribution in [3.63, 3.8) is 0 Å². The summed E-state index contributed by atoms with van der Waals surface area (Å²) in [5.41, 5.74) is 6.72. The third-order valence-electron chi connectivity index (χ3n) is 5.25. The fourth-order valence-electron chi connectivity index (χ4n) is 3.66. The fraction of sp³-hybridized carbons (Fsp3) is 0.125. The Hall–Kier alpha value is -3.93. The minimum absolute atomic E-state index is 0.736. The van der Waals surface area contributed by atoms with Gasteiger partial charge in [0.1, 0.15) is 5.75 Å². The molecule has 6 heteroatoms. The zero-order valence-electron chi connectivity index (χ0n) is 16.6. The van der Waals surface area contributed by atoms with Crippen molar-refractivity contribution in [2.24, 2.45) is 0 Å². The molecule has 4 aromatic rings. The second-order valence-electron chi connectivity index (χ2n) is 7.22. The van der Waals surface area contributed by atoms with E-state index in [2.05, 4.69) is 56.5 Å². The van der Waals surface area contributed by atoms with E-state index < -0.39 is 0 Å². The minimum Gasteiger partial charge on any atom is -0.497 e. The number of anilines is 1. The molecule has 0 saturated carbocycles. The van der Waals surface area contributed by atoms with E-state index in [1.54, 1.807) is 7.11 Å². The van der Waals surface area contributed by atoms with Crippen molar-refractivity contribution in [3.05, 3.63) is 89.5 Å². The Labute approximate surface area is 174 Å². The Morgan fingerprint density at radius 2 is 1.93 bits per heavy atom. The summed E-state index contributed by atoms with van der Waals surface area (Å²) in [6.45, 7) is 1.59. The van der Waals surface area contributed by atoms with Gasteiger partial charge >= 0.3 is 0 Å². The Balaban J connectivity index is 1.34. The molecular formula is C24H21N5O. The Bertz CT molecular complexity index is 1200. The number of rotatable bonds is 5. The molecule has 2 aromatic carbocycles. The molecule has 1 N–H and O–H groups in total. The highest BCUT2D eigenvalue weighted by atomic mass is 16.5. The fourth-order valence-corrected chi connectivity index (χ4v) is 3.66. The van der Waals surface area contributed by atoms with Gasteiger partial charge in [-0.2, -0.15) is 5.10 Å². The van der Waals surface area contributed by atoms with E-state index in [-0.39, 0.29) is 0 Å². The van der Waals surface area contributed by atoms with Gasteiger partial charge in [-0.3, -0.25) is 5.10 Å². The quantitative estimate of drug-likeness (QED) is 0.536. The number of fused-ring (bicyclic) bond motifs is 1. The van der Waals surface area contributed by atoms with Crippen molar-refractivity contribution in [1.29, 1.82) is 0 Å². The third-order valence-corrected chi connectivity index (χ3v) is 5.25. The molecule has 30 heavy (non-hydrogen) atoms. The lowest BCUT2D eigenvalue weighted by molar-refractivity contribution is 0.414. The number of methoxy groups -OCH3 is 1. The largest absolute Gasteiger partial charge is 0.497 e. The van der Waals surface area contributed by atoms with Gasteiger partial charge in [0.2, 0.25) is 5.95 Å². The zero-order valence-corrected chi connectivity index (χ0v) is 16.6. The van der Waals surface area contributed by atoms with Crippen LogP contribution in [0, 0.1) is 0 Å². The molecule has 3 heterocycles. The molecule has 0 saturated heterocycles.